The standard InChI is InChI=1S/C20H23N3O2S/c1-14-5-7-15(8-6-14)20(2,3)12-21-19-17-11-16(26(4,24)25)9-10-18(17)22-13-23-19/h5-11,13H,12H2,1-4H3,(H,21,22,23). The average Bonchev–Trinajstić information content (AvgIpc) is 2.59. The first kappa shape index (κ1) is 18.3. The molecule has 1 aromatic heterocycles. The predicted molar refractivity (Wildman–Crippen MR) is 105 cm³/mol. The van der Waals surface area contributed by atoms with E-state index >= 15 is 0 Å². The van der Waals surface area contributed by atoms with Gasteiger partial charge in [0.2, 0.25) is 0 Å². The van der Waals surface area contributed by atoms with Crippen LogP contribution in [0.15, 0.2) is 53.7 Å². The lowest BCUT2D eigenvalue weighted by Gasteiger charge is -2.26. The van der Waals surface area contributed by atoms with Crippen LogP contribution >= 0.6 is 0 Å². The molecule has 3 rings (SSSR count). The van der Waals surface area contributed by atoms with E-state index in [4.69, 9.17) is 0 Å². The first-order valence-electron chi connectivity index (χ1n) is 8.43. The van der Waals surface area contributed by atoms with Gasteiger partial charge >= 0.3 is 0 Å². The molecule has 0 amide bonds. The monoisotopic (exact) mass is 369 g/mol. The lowest BCUT2D eigenvalue weighted by atomic mass is 9.84. The maximum Gasteiger partial charge on any atom is 0.175 e. The molecule has 0 spiro atoms. The molecule has 1 N–H and O–H groups in total. The van der Waals surface area contributed by atoms with Crippen LogP contribution in [0, 0.1) is 6.92 Å². The summed E-state index contributed by atoms with van der Waals surface area (Å²) in [6.45, 7) is 7.05. The van der Waals surface area contributed by atoms with Crippen molar-refractivity contribution >= 4 is 26.6 Å². The number of hydrogen-bond donors (Lipinski definition) is 1. The molecule has 26 heavy (non-hydrogen) atoms. The summed E-state index contributed by atoms with van der Waals surface area (Å²) in [4.78, 5) is 8.82. The fourth-order valence-corrected chi connectivity index (χ4v) is 3.47. The van der Waals surface area contributed by atoms with Crippen molar-refractivity contribution in [3.63, 3.8) is 0 Å². The van der Waals surface area contributed by atoms with Crippen LogP contribution in [-0.2, 0) is 15.3 Å². The summed E-state index contributed by atoms with van der Waals surface area (Å²) in [5.74, 6) is 0.640. The lowest BCUT2D eigenvalue weighted by Crippen LogP contribution is -2.28. The van der Waals surface area contributed by atoms with Gasteiger partial charge in [-0.2, -0.15) is 0 Å². The van der Waals surface area contributed by atoms with Gasteiger partial charge in [-0.05, 0) is 30.7 Å². The van der Waals surface area contributed by atoms with Crippen LogP contribution in [0.25, 0.3) is 10.9 Å². The van der Waals surface area contributed by atoms with Crippen LogP contribution in [0.1, 0.15) is 25.0 Å². The highest BCUT2D eigenvalue weighted by Gasteiger charge is 2.21. The number of nitrogens with one attached hydrogen (secondary N) is 1. The highest BCUT2D eigenvalue weighted by molar-refractivity contribution is 7.90. The molecule has 0 bridgehead atoms. The maximum absolute atomic E-state index is 11.9. The van der Waals surface area contributed by atoms with E-state index in [9.17, 15) is 8.42 Å². The van der Waals surface area contributed by atoms with Crippen molar-refractivity contribution in [3.05, 3.63) is 59.9 Å². The minimum atomic E-state index is -3.28. The largest absolute Gasteiger partial charge is 0.369 e. The van der Waals surface area contributed by atoms with Crippen molar-refractivity contribution in [2.75, 3.05) is 18.1 Å². The topological polar surface area (TPSA) is 72.0 Å². The van der Waals surface area contributed by atoms with Gasteiger partial charge in [-0.25, -0.2) is 18.4 Å². The zero-order valence-corrected chi connectivity index (χ0v) is 16.3. The Hall–Kier alpha value is -2.47. The number of fused-ring (bicyclic) bond motifs is 1. The number of nitrogens with zero attached hydrogens (tertiary/aromatic N) is 2. The van der Waals surface area contributed by atoms with Gasteiger partial charge in [0.1, 0.15) is 12.1 Å². The Kier molecular flexibility index (Phi) is 4.71. The smallest absolute Gasteiger partial charge is 0.175 e. The second-order valence-corrected chi connectivity index (χ2v) is 9.29. The van der Waals surface area contributed by atoms with Crippen molar-refractivity contribution < 1.29 is 8.42 Å². The van der Waals surface area contributed by atoms with Crippen LogP contribution in [0.2, 0.25) is 0 Å². The van der Waals surface area contributed by atoms with Gasteiger partial charge in [-0.15, -0.1) is 0 Å². The Labute approximate surface area is 154 Å². The van der Waals surface area contributed by atoms with E-state index in [2.05, 4.69) is 60.3 Å². The fourth-order valence-electron chi connectivity index (χ4n) is 2.82. The summed E-state index contributed by atoms with van der Waals surface area (Å²) >= 11 is 0. The summed E-state index contributed by atoms with van der Waals surface area (Å²) in [7, 11) is -3.28. The Morgan fingerprint density at radius 3 is 2.38 bits per heavy atom. The molecule has 3 aromatic rings. The van der Waals surface area contributed by atoms with Crippen LogP contribution in [0.3, 0.4) is 0 Å². The number of benzene rings is 2. The third-order valence-corrected chi connectivity index (χ3v) is 5.68. The zero-order valence-electron chi connectivity index (χ0n) is 15.4. The molecule has 0 unspecified atom stereocenters. The van der Waals surface area contributed by atoms with E-state index in [0.29, 0.717) is 23.3 Å². The summed E-state index contributed by atoms with van der Waals surface area (Å²) in [6, 6.07) is 13.4. The molecule has 0 saturated carbocycles. The molecule has 0 radical (unpaired) electrons. The molecule has 0 aliphatic heterocycles. The highest BCUT2D eigenvalue weighted by Crippen LogP contribution is 2.27. The molecule has 0 fully saturated rings. The number of sulfone groups is 1. The van der Waals surface area contributed by atoms with E-state index in [1.165, 1.54) is 23.7 Å². The molecular weight excluding hydrogens is 346 g/mol. The molecule has 0 aliphatic rings. The molecule has 0 atom stereocenters. The maximum atomic E-state index is 11.9. The van der Waals surface area contributed by atoms with E-state index < -0.39 is 9.84 Å². The normalized spacial score (nSPS) is 12.3. The average molecular weight is 369 g/mol. The van der Waals surface area contributed by atoms with Crippen molar-refractivity contribution in [2.24, 2.45) is 0 Å². The number of rotatable bonds is 5. The Balaban J connectivity index is 1.92. The highest BCUT2D eigenvalue weighted by atomic mass is 32.2. The summed E-state index contributed by atoms with van der Waals surface area (Å²) in [6.07, 6.45) is 2.69. The molecule has 6 heteroatoms. The summed E-state index contributed by atoms with van der Waals surface area (Å²) < 4.78 is 23.7. The van der Waals surface area contributed by atoms with Gasteiger partial charge in [0.25, 0.3) is 0 Å². The first-order valence-corrected chi connectivity index (χ1v) is 10.3. The van der Waals surface area contributed by atoms with Crippen LogP contribution < -0.4 is 5.32 Å². The van der Waals surface area contributed by atoms with Gasteiger partial charge in [-0.3, -0.25) is 0 Å². The van der Waals surface area contributed by atoms with Crippen molar-refractivity contribution in [1.82, 2.24) is 9.97 Å². The number of anilines is 1. The fraction of sp³-hybridized carbons (Fsp3) is 0.300. The quantitative estimate of drug-likeness (QED) is 0.742. The van der Waals surface area contributed by atoms with Crippen LogP contribution in [0.4, 0.5) is 5.82 Å². The SMILES string of the molecule is Cc1ccc(C(C)(C)CNc2ncnc3ccc(S(C)(=O)=O)cc23)cc1. The third-order valence-electron chi connectivity index (χ3n) is 4.57. The Morgan fingerprint density at radius 1 is 1.04 bits per heavy atom. The van der Waals surface area contributed by atoms with E-state index in [1.807, 2.05) is 0 Å². The van der Waals surface area contributed by atoms with E-state index in [0.717, 1.165) is 0 Å². The second-order valence-electron chi connectivity index (χ2n) is 7.28. The molecule has 0 saturated heterocycles. The van der Waals surface area contributed by atoms with Crippen molar-refractivity contribution in [2.45, 2.75) is 31.1 Å². The van der Waals surface area contributed by atoms with Crippen molar-refractivity contribution in [3.8, 4) is 0 Å². The van der Waals surface area contributed by atoms with E-state index in [1.54, 1.807) is 18.2 Å². The van der Waals surface area contributed by atoms with Gasteiger partial charge in [0.15, 0.2) is 9.84 Å². The molecule has 136 valence electrons. The first-order chi connectivity index (χ1) is 12.2. The minimum Gasteiger partial charge on any atom is -0.369 e. The Morgan fingerprint density at radius 2 is 1.73 bits per heavy atom. The van der Waals surface area contributed by atoms with Crippen LogP contribution in [0.5, 0.6) is 0 Å². The minimum absolute atomic E-state index is 0.112. The lowest BCUT2D eigenvalue weighted by molar-refractivity contribution is 0.556. The summed E-state index contributed by atoms with van der Waals surface area (Å²) in [5, 5.41) is 4.08. The molecule has 2 aromatic carbocycles. The van der Waals surface area contributed by atoms with Gasteiger partial charge in [0.05, 0.1) is 10.4 Å². The van der Waals surface area contributed by atoms with E-state index in [-0.39, 0.29) is 10.3 Å². The van der Waals surface area contributed by atoms with Crippen molar-refractivity contribution in [1.29, 1.82) is 0 Å². The Bertz CT molecular complexity index is 1040. The predicted octanol–water partition coefficient (Wildman–Crippen LogP) is 3.73. The number of aryl methyl sites for hydroxylation is 1. The van der Waals surface area contributed by atoms with Gasteiger partial charge in [0, 0.05) is 23.6 Å². The van der Waals surface area contributed by atoms with Gasteiger partial charge < -0.3 is 5.32 Å². The second kappa shape index (κ2) is 6.68. The third kappa shape index (κ3) is 3.85. The molecule has 1 heterocycles. The van der Waals surface area contributed by atoms with Gasteiger partial charge in [-0.1, -0.05) is 43.7 Å². The zero-order chi connectivity index (χ0) is 18.9. The number of aromatic nitrogens is 2. The summed E-state index contributed by atoms with van der Waals surface area (Å²) in [5.41, 5.74) is 3.06. The molecule has 0 aliphatic carbocycles. The van der Waals surface area contributed by atoms with Crippen LogP contribution in [-0.4, -0.2) is 31.2 Å². The molecular formula is C20H23N3O2S. The molecule has 5 nitrogen and oxygen atoms in total. The number of hydrogen-bond acceptors (Lipinski definition) is 5.